The van der Waals surface area contributed by atoms with Crippen molar-refractivity contribution in [2.75, 3.05) is 0 Å². The van der Waals surface area contributed by atoms with E-state index in [4.69, 9.17) is 10.5 Å². The Labute approximate surface area is 126 Å². The van der Waals surface area contributed by atoms with Crippen molar-refractivity contribution in [3.63, 3.8) is 0 Å². The number of carbonyl (C=O) groups excluding carboxylic acids is 2. The lowest BCUT2D eigenvalue weighted by atomic mass is 10.0. The van der Waals surface area contributed by atoms with Crippen LogP contribution in [0.3, 0.4) is 0 Å². The molecule has 0 bridgehead atoms. The molecule has 1 aromatic rings. The summed E-state index contributed by atoms with van der Waals surface area (Å²) in [5, 5.41) is 0. The molecule has 0 aromatic heterocycles. The van der Waals surface area contributed by atoms with Gasteiger partial charge in [-0.15, -0.1) is 0 Å². The van der Waals surface area contributed by atoms with Crippen LogP contribution >= 0.6 is 0 Å². The number of ether oxygens (including phenoxy) is 1. The van der Waals surface area contributed by atoms with E-state index in [0.717, 1.165) is 19.3 Å². The summed E-state index contributed by atoms with van der Waals surface area (Å²) in [7, 11) is 0. The molecule has 0 fully saturated rings. The summed E-state index contributed by atoms with van der Waals surface area (Å²) in [5.41, 5.74) is 5.62. The standard InChI is InChI=1S/C17H25NO3/c1-2-3-4-5-6-10-13-15(21-17(18)20)16(19)14-11-8-7-9-12-14/h7-9,11-12,15H,2-6,10,13H2,1H3,(H2,18,20). The van der Waals surface area contributed by atoms with Crippen LogP contribution in [0.25, 0.3) is 0 Å². The van der Waals surface area contributed by atoms with E-state index in [-0.39, 0.29) is 5.78 Å². The highest BCUT2D eigenvalue weighted by molar-refractivity contribution is 6.00. The number of hydrogen-bond donors (Lipinski definition) is 1. The Bertz CT molecular complexity index is 431. The van der Waals surface area contributed by atoms with Crippen LogP contribution in [0.2, 0.25) is 0 Å². The Morgan fingerprint density at radius 1 is 1.05 bits per heavy atom. The fourth-order valence-electron chi connectivity index (χ4n) is 2.28. The van der Waals surface area contributed by atoms with Crippen molar-refractivity contribution in [1.29, 1.82) is 0 Å². The second-order valence-electron chi connectivity index (χ2n) is 5.21. The third-order valence-electron chi connectivity index (χ3n) is 3.43. The van der Waals surface area contributed by atoms with E-state index in [9.17, 15) is 9.59 Å². The maximum atomic E-state index is 12.3. The van der Waals surface area contributed by atoms with Gasteiger partial charge in [0.2, 0.25) is 5.78 Å². The zero-order valence-electron chi connectivity index (χ0n) is 12.7. The van der Waals surface area contributed by atoms with E-state index in [1.54, 1.807) is 24.3 Å². The van der Waals surface area contributed by atoms with Crippen LogP contribution in [0.4, 0.5) is 4.79 Å². The van der Waals surface area contributed by atoms with Crippen molar-refractivity contribution in [1.82, 2.24) is 0 Å². The first-order valence-corrected chi connectivity index (χ1v) is 7.70. The van der Waals surface area contributed by atoms with Crippen molar-refractivity contribution in [2.45, 2.75) is 58.0 Å². The summed E-state index contributed by atoms with van der Waals surface area (Å²) < 4.78 is 4.98. The number of amides is 1. The molecular formula is C17H25NO3. The minimum atomic E-state index is -0.893. The van der Waals surface area contributed by atoms with Gasteiger partial charge < -0.3 is 10.5 Å². The molecule has 4 nitrogen and oxygen atoms in total. The highest BCUT2D eigenvalue weighted by atomic mass is 16.6. The smallest absolute Gasteiger partial charge is 0.405 e. The summed E-state index contributed by atoms with van der Waals surface area (Å²) in [5.74, 6) is -0.178. The molecule has 1 amide bonds. The monoisotopic (exact) mass is 291 g/mol. The van der Waals surface area contributed by atoms with Crippen LogP contribution in [-0.2, 0) is 4.74 Å². The van der Waals surface area contributed by atoms with Gasteiger partial charge in [0.15, 0.2) is 6.10 Å². The van der Waals surface area contributed by atoms with Gasteiger partial charge in [-0.1, -0.05) is 69.4 Å². The van der Waals surface area contributed by atoms with Crippen molar-refractivity contribution < 1.29 is 14.3 Å². The minimum Gasteiger partial charge on any atom is -0.438 e. The van der Waals surface area contributed by atoms with Gasteiger partial charge in [0.25, 0.3) is 0 Å². The number of rotatable bonds is 10. The molecule has 1 atom stereocenters. The lowest BCUT2D eigenvalue weighted by Crippen LogP contribution is -2.30. The van der Waals surface area contributed by atoms with Gasteiger partial charge in [0, 0.05) is 5.56 Å². The number of unbranched alkanes of at least 4 members (excludes halogenated alkanes) is 5. The van der Waals surface area contributed by atoms with Crippen LogP contribution in [0.1, 0.15) is 62.2 Å². The van der Waals surface area contributed by atoms with E-state index < -0.39 is 12.2 Å². The quantitative estimate of drug-likeness (QED) is 0.521. The fourth-order valence-corrected chi connectivity index (χ4v) is 2.28. The first kappa shape index (κ1) is 17.2. The van der Waals surface area contributed by atoms with Gasteiger partial charge in [-0.3, -0.25) is 4.79 Å². The van der Waals surface area contributed by atoms with Crippen LogP contribution in [-0.4, -0.2) is 18.0 Å². The highest BCUT2D eigenvalue weighted by Crippen LogP contribution is 2.14. The molecule has 1 aromatic carbocycles. The first-order valence-electron chi connectivity index (χ1n) is 7.70. The number of carbonyl (C=O) groups is 2. The molecule has 0 saturated heterocycles. The normalized spacial score (nSPS) is 11.9. The minimum absolute atomic E-state index is 0.178. The van der Waals surface area contributed by atoms with Gasteiger partial charge in [-0.2, -0.15) is 0 Å². The van der Waals surface area contributed by atoms with Crippen molar-refractivity contribution in [3.05, 3.63) is 35.9 Å². The van der Waals surface area contributed by atoms with Gasteiger partial charge in [-0.05, 0) is 12.8 Å². The Balaban J connectivity index is 2.48. The van der Waals surface area contributed by atoms with Crippen molar-refractivity contribution in [2.24, 2.45) is 5.73 Å². The average molecular weight is 291 g/mol. The summed E-state index contributed by atoms with van der Waals surface area (Å²) in [4.78, 5) is 23.3. The topological polar surface area (TPSA) is 69.4 Å². The van der Waals surface area contributed by atoms with E-state index in [0.29, 0.717) is 12.0 Å². The van der Waals surface area contributed by atoms with Crippen LogP contribution in [0.15, 0.2) is 30.3 Å². The second-order valence-corrected chi connectivity index (χ2v) is 5.21. The first-order chi connectivity index (χ1) is 10.1. The molecule has 116 valence electrons. The van der Waals surface area contributed by atoms with Crippen LogP contribution < -0.4 is 5.73 Å². The van der Waals surface area contributed by atoms with E-state index in [2.05, 4.69) is 6.92 Å². The van der Waals surface area contributed by atoms with Crippen molar-refractivity contribution in [3.8, 4) is 0 Å². The molecule has 0 radical (unpaired) electrons. The van der Waals surface area contributed by atoms with E-state index >= 15 is 0 Å². The molecule has 1 unspecified atom stereocenters. The van der Waals surface area contributed by atoms with Crippen molar-refractivity contribution >= 4 is 11.9 Å². The zero-order chi connectivity index (χ0) is 15.5. The predicted molar refractivity (Wildman–Crippen MR) is 83.2 cm³/mol. The molecular weight excluding hydrogens is 266 g/mol. The number of primary amides is 1. The average Bonchev–Trinajstić information content (AvgIpc) is 2.49. The lowest BCUT2D eigenvalue weighted by Gasteiger charge is -2.15. The maximum absolute atomic E-state index is 12.3. The number of nitrogens with two attached hydrogens (primary N) is 1. The molecule has 0 aliphatic carbocycles. The summed E-state index contributed by atoms with van der Waals surface area (Å²) in [6, 6.07) is 8.87. The number of hydrogen-bond acceptors (Lipinski definition) is 3. The largest absolute Gasteiger partial charge is 0.438 e. The summed E-state index contributed by atoms with van der Waals surface area (Å²) in [6.07, 6.45) is 5.58. The van der Waals surface area contributed by atoms with E-state index in [1.807, 2.05) is 6.07 Å². The van der Waals surface area contributed by atoms with Gasteiger partial charge >= 0.3 is 6.09 Å². The Kier molecular flexibility index (Phi) is 8.17. The molecule has 0 saturated carbocycles. The van der Waals surface area contributed by atoms with Gasteiger partial charge in [-0.25, -0.2) is 4.79 Å². The molecule has 0 aliphatic heterocycles. The van der Waals surface area contributed by atoms with Crippen LogP contribution in [0, 0.1) is 0 Å². The molecule has 0 spiro atoms. The Hall–Kier alpha value is -1.84. The molecule has 0 aliphatic rings. The number of Topliss-reactive ketones (excluding diaryl/α,β-unsaturated/α-hetero) is 1. The Morgan fingerprint density at radius 3 is 2.29 bits per heavy atom. The molecule has 2 N–H and O–H groups in total. The predicted octanol–water partition coefficient (Wildman–Crippen LogP) is 4.08. The highest BCUT2D eigenvalue weighted by Gasteiger charge is 2.22. The Morgan fingerprint density at radius 2 is 1.67 bits per heavy atom. The second kappa shape index (κ2) is 9.97. The molecule has 1 rings (SSSR count). The van der Waals surface area contributed by atoms with Gasteiger partial charge in [0.1, 0.15) is 0 Å². The summed E-state index contributed by atoms with van der Waals surface area (Å²) >= 11 is 0. The van der Waals surface area contributed by atoms with Crippen LogP contribution in [0.5, 0.6) is 0 Å². The molecule has 21 heavy (non-hydrogen) atoms. The zero-order valence-corrected chi connectivity index (χ0v) is 12.7. The third-order valence-corrected chi connectivity index (χ3v) is 3.43. The number of benzene rings is 1. The number of ketones is 1. The fraction of sp³-hybridized carbons (Fsp3) is 0.529. The lowest BCUT2D eigenvalue weighted by molar-refractivity contribution is 0.0628. The molecule has 4 heteroatoms. The third kappa shape index (κ3) is 6.93. The SMILES string of the molecule is CCCCCCCCC(OC(N)=O)C(=O)c1ccccc1. The summed E-state index contributed by atoms with van der Waals surface area (Å²) in [6.45, 7) is 2.18. The molecule has 0 heterocycles. The van der Waals surface area contributed by atoms with Gasteiger partial charge in [0.05, 0.1) is 0 Å². The maximum Gasteiger partial charge on any atom is 0.405 e. The van der Waals surface area contributed by atoms with E-state index in [1.165, 1.54) is 19.3 Å².